The van der Waals surface area contributed by atoms with E-state index in [2.05, 4.69) is 43.0 Å². The van der Waals surface area contributed by atoms with E-state index in [0.717, 1.165) is 18.3 Å². The zero-order chi connectivity index (χ0) is 16.8. The summed E-state index contributed by atoms with van der Waals surface area (Å²) in [6.07, 6.45) is 12.3. The van der Waals surface area contributed by atoms with Gasteiger partial charge in [-0.25, -0.2) is 0 Å². The summed E-state index contributed by atoms with van der Waals surface area (Å²) < 4.78 is 6.30. The molecule has 0 amide bonds. The molecule has 0 spiro atoms. The van der Waals surface area contributed by atoms with E-state index < -0.39 is 0 Å². The SMILES string of the molecule is CC1CCCCN1[C@@H](C)COc1ccccc1CC1CCCCC1. The van der Waals surface area contributed by atoms with Gasteiger partial charge in [0, 0.05) is 12.1 Å². The summed E-state index contributed by atoms with van der Waals surface area (Å²) in [5.41, 5.74) is 1.42. The van der Waals surface area contributed by atoms with Crippen LogP contribution in [0.5, 0.6) is 5.75 Å². The van der Waals surface area contributed by atoms with Crippen LogP contribution in [-0.2, 0) is 6.42 Å². The van der Waals surface area contributed by atoms with Crippen molar-refractivity contribution in [1.29, 1.82) is 0 Å². The predicted molar refractivity (Wildman–Crippen MR) is 102 cm³/mol. The van der Waals surface area contributed by atoms with Crippen LogP contribution in [0.2, 0.25) is 0 Å². The Labute approximate surface area is 148 Å². The smallest absolute Gasteiger partial charge is 0.122 e. The Bertz CT molecular complexity index is 494. The van der Waals surface area contributed by atoms with E-state index in [1.165, 1.54) is 69.9 Å². The largest absolute Gasteiger partial charge is 0.492 e. The minimum Gasteiger partial charge on any atom is -0.492 e. The first-order chi connectivity index (χ1) is 11.7. The fraction of sp³-hybridized carbons (Fsp3) is 0.727. The van der Waals surface area contributed by atoms with Gasteiger partial charge in [-0.2, -0.15) is 0 Å². The highest BCUT2D eigenvalue weighted by Gasteiger charge is 2.23. The molecule has 2 nitrogen and oxygen atoms in total. The van der Waals surface area contributed by atoms with Gasteiger partial charge in [-0.05, 0) is 57.2 Å². The Hall–Kier alpha value is -1.02. The second kappa shape index (κ2) is 8.89. The number of hydrogen-bond acceptors (Lipinski definition) is 2. The third kappa shape index (κ3) is 4.75. The summed E-state index contributed by atoms with van der Waals surface area (Å²) in [5.74, 6) is 1.99. The van der Waals surface area contributed by atoms with Gasteiger partial charge in [0.25, 0.3) is 0 Å². The van der Waals surface area contributed by atoms with Gasteiger partial charge in [-0.1, -0.05) is 56.7 Å². The predicted octanol–water partition coefficient (Wildman–Crippen LogP) is 5.45. The quantitative estimate of drug-likeness (QED) is 0.688. The van der Waals surface area contributed by atoms with Crippen LogP contribution in [-0.4, -0.2) is 30.1 Å². The Morgan fingerprint density at radius 2 is 1.79 bits per heavy atom. The third-order valence-corrected chi connectivity index (χ3v) is 6.11. The Kier molecular flexibility index (Phi) is 6.59. The topological polar surface area (TPSA) is 12.5 Å². The van der Waals surface area contributed by atoms with Crippen molar-refractivity contribution in [1.82, 2.24) is 4.90 Å². The zero-order valence-electron chi connectivity index (χ0n) is 15.7. The lowest BCUT2D eigenvalue weighted by molar-refractivity contribution is 0.0812. The number of likely N-dealkylation sites (tertiary alicyclic amines) is 1. The average molecular weight is 330 g/mol. The molecule has 1 unspecified atom stereocenters. The van der Waals surface area contributed by atoms with E-state index in [9.17, 15) is 0 Å². The molecule has 0 aromatic heterocycles. The monoisotopic (exact) mass is 329 g/mol. The van der Waals surface area contributed by atoms with Gasteiger partial charge < -0.3 is 4.74 Å². The van der Waals surface area contributed by atoms with Crippen molar-refractivity contribution < 1.29 is 4.74 Å². The number of piperidine rings is 1. The fourth-order valence-electron chi connectivity index (χ4n) is 4.60. The summed E-state index contributed by atoms with van der Waals surface area (Å²) >= 11 is 0. The van der Waals surface area contributed by atoms with Crippen molar-refractivity contribution in [3.63, 3.8) is 0 Å². The molecule has 0 N–H and O–H groups in total. The summed E-state index contributed by atoms with van der Waals surface area (Å²) in [6.45, 7) is 6.74. The van der Waals surface area contributed by atoms with Crippen LogP contribution >= 0.6 is 0 Å². The molecule has 1 heterocycles. The fourth-order valence-corrected chi connectivity index (χ4v) is 4.60. The maximum atomic E-state index is 6.30. The molecule has 1 aromatic carbocycles. The normalized spacial score (nSPS) is 24.7. The molecule has 1 aromatic rings. The average Bonchev–Trinajstić information content (AvgIpc) is 2.62. The van der Waals surface area contributed by atoms with E-state index in [1.807, 2.05) is 0 Å². The van der Waals surface area contributed by atoms with E-state index in [1.54, 1.807) is 0 Å². The van der Waals surface area contributed by atoms with Crippen LogP contribution in [0, 0.1) is 5.92 Å². The number of para-hydroxylation sites is 1. The van der Waals surface area contributed by atoms with Crippen LogP contribution in [0.25, 0.3) is 0 Å². The minimum absolute atomic E-state index is 0.503. The van der Waals surface area contributed by atoms with Crippen molar-refractivity contribution in [3.05, 3.63) is 29.8 Å². The molecule has 24 heavy (non-hydrogen) atoms. The zero-order valence-corrected chi connectivity index (χ0v) is 15.7. The number of hydrogen-bond donors (Lipinski definition) is 0. The molecule has 0 bridgehead atoms. The first-order valence-corrected chi connectivity index (χ1v) is 10.2. The molecule has 1 aliphatic carbocycles. The summed E-state index contributed by atoms with van der Waals surface area (Å²) in [7, 11) is 0. The van der Waals surface area contributed by atoms with Crippen LogP contribution in [0.15, 0.2) is 24.3 Å². The summed E-state index contributed by atoms with van der Waals surface area (Å²) in [5, 5.41) is 0. The lowest BCUT2D eigenvalue weighted by Gasteiger charge is -2.38. The number of nitrogens with zero attached hydrogens (tertiary/aromatic N) is 1. The first-order valence-electron chi connectivity index (χ1n) is 10.2. The van der Waals surface area contributed by atoms with Crippen molar-refractivity contribution in [3.8, 4) is 5.75 Å². The molecule has 0 radical (unpaired) electrons. The van der Waals surface area contributed by atoms with Crippen LogP contribution in [0.3, 0.4) is 0 Å². The van der Waals surface area contributed by atoms with Gasteiger partial charge in [0.1, 0.15) is 12.4 Å². The maximum absolute atomic E-state index is 6.30. The minimum atomic E-state index is 0.503. The molecule has 1 saturated carbocycles. The standard InChI is InChI=1S/C22H35NO/c1-18-10-8-9-15-23(18)19(2)17-24-22-14-7-6-13-21(22)16-20-11-4-3-5-12-20/h6-7,13-14,18-20H,3-5,8-12,15-17H2,1-2H3/t18?,19-/m0/s1. The molecule has 134 valence electrons. The highest BCUT2D eigenvalue weighted by atomic mass is 16.5. The van der Waals surface area contributed by atoms with Crippen LogP contribution < -0.4 is 4.74 Å². The highest BCUT2D eigenvalue weighted by Crippen LogP contribution is 2.30. The van der Waals surface area contributed by atoms with Crippen molar-refractivity contribution >= 4 is 0 Å². The van der Waals surface area contributed by atoms with E-state index in [4.69, 9.17) is 4.74 Å². The molecule has 1 saturated heterocycles. The van der Waals surface area contributed by atoms with Gasteiger partial charge in [0.15, 0.2) is 0 Å². The number of benzene rings is 1. The molecule has 3 rings (SSSR count). The van der Waals surface area contributed by atoms with Gasteiger partial charge in [0.2, 0.25) is 0 Å². The van der Waals surface area contributed by atoms with Crippen LogP contribution in [0.4, 0.5) is 0 Å². The molecule has 2 heteroatoms. The molecular weight excluding hydrogens is 294 g/mol. The second-order valence-electron chi connectivity index (χ2n) is 8.06. The summed E-state index contributed by atoms with van der Waals surface area (Å²) in [6, 6.07) is 9.94. The van der Waals surface area contributed by atoms with Crippen molar-refractivity contribution in [2.45, 2.75) is 83.7 Å². The number of ether oxygens (including phenoxy) is 1. The Morgan fingerprint density at radius 1 is 1.04 bits per heavy atom. The van der Waals surface area contributed by atoms with Crippen molar-refractivity contribution in [2.24, 2.45) is 5.92 Å². The second-order valence-corrected chi connectivity index (χ2v) is 8.06. The summed E-state index contributed by atoms with van der Waals surface area (Å²) in [4.78, 5) is 2.63. The molecule has 2 fully saturated rings. The van der Waals surface area contributed by atoms with E-state index >= 15 is 0 Å². The molecular formula is C22H35NO. The first kappa shape index (κ1) is 17.8. The third-order valence-electron chi connectivity index (χ3n) is 6.11. The van der Waals surface area contributed by atoms with E-state index in [0.29, 0.717) is 12.1 Å². The lowest BCUT2D eigenvalue weighted by Crippen LogP contribution is -2.46. The van der Waals surface area contributed by atoms with Crippen LogP contribution in [0.1, 0.15) is 70.8 Å². The Balaban J connectivity index is 1.56. The molecule has 2 aliphatic rings. The van der Waals surface area contributed by atoms with Gasteiger partial charge in [-0.3, -0.25) is 4.90 Å². The van der Waals surface area contributed by atoms with Gasteiger partial charge in [0.05, 0.1) is 0 Å². The van der Waals surface area contributed by atoms with Gasteiger partial charge >= 0.3 is 0 Å². The van der Waals surface area contributed by atoms with Crippen molar-refractivity contribution in [2.75, 3.05) is 13.2 Å². The molecule has 2 atom stereocenters. The van der Waals surface area contributed by atoms with Gasteiger partial charge in [-0.15, -0.1) is 0 Å². The molecule has 1 aliphatic heterocycles. The maximum Gasteiger partial charge on any atom is 0.122 e. The number of rotatable bonds is 6. The lowest BCUT2D eigenvalue weighted by atomic mass is 9.85. The Morgan fingerprint density at radius 3 is 2.58 bits per heavy atom. The van der Waals surface area contributed by atoms with E-state index in [-0.39, 0.29) is 0 Å². The highest BCUT2D eigenvalue weighted by molar-refractivity contribution is 5.33.